The molecule has 0 N–H and O–H groups in total. The summed E-state index contributed by atoms with van der Waals surface area (Å²) in [6, 6.07) is 16.4. The highest BCUT2D eigenvalue weighted by Crippen LogP contribution is 2.38. The third-order valence-electron chi connectivity index (χ3n) is 7.40. The summed E-state index contributed by atoms with van der Waals surface area (Å²) >= 11 is 4.87. The van der Waals surface area contributed by atoms with Crippen LogP contribution in [0.3, 0.4) is 0 Å². The van der Waals surface area contributed by atoms with Gasteiger partial charge in [0.25, 0.3) is 5.56 Å². The Bertz CT molecular complexity index is 2030. The molecule has 0 amide bonds. The van der Waals surface area contributed by atoms with Crippen LogP contribution < -0.4 is 33.8 Å². The fourth-order valence-electron chi connectivity index (χ4n) is 5.38. The van der Waals surface area contributed by atoms with Crippen molar-refractivity contribution in [2.75, 3.05) is 20.8 Å². The zero-order valence-corrected chi connectivity index (χ0v) is 29.8. The molecule has 0 bridgehead atoms. The van der Waals surface area contributed by atoms with Gasteiger partial charge in [-0.25, -0.2) is 9.79 Å². The summed E-state index contributed by atoms with van der Waals surface area (Å²) in [4.78, 5) is 32.7. The van der Waals surface area contributed by atoms with Crippen molar-refractivity contribution in [1.82, 2.24) is 4.57 Å². The summed E-state index contributed by atoms with van der Waals surface area (Å²) in [5.74, 6) is 1.58. The molecule has 1 aromatic heterocycles. The normalized spacial score (nSPS) is 14.5. The number of fused-ring (bicyclic) bond motifs is 1. The van der Waals surface area contributed by atoms with Crippen molar-refractivity contribution in [2.24, 2.45) is 4.99 Å². The highest BCUT2D eigenvalue weighted by molar-refractivity contribution is 9.10. The Balaban J connectivity index is 1.60. The molecule has 2 heterocycles. The van der Waals surface area contributed by atoms with E-state index in [0.717, 1.165) is 16.7 Å². The van der Waals surface area contributed by atoms with Gasteiger partial charge in [-0.05, 0) is 97.6 Å². The number of carbonyl (C=O) groups is 1. The molecule has 1 aliphatic rings. The topological polar surface area (TPSA) is 97.6 Å². The van der Waals surface area contributed by atoms with Gasteiger partial charge in [-0.1, -0.05) is 47.2 Å². The Labute approximate surface area is 285 Å². The van der Waals surface area contributed by atoms with Crippen molar-refractivity contribution in [3.63, 3.8) is 0 Å². The van der Waals surface area contributed by atoms with E-state index in [1.807, 2.05) is 57.2 Å². The lowest BCUT2D eigenvalue weighted by atomic mass is 9.95. The van der Waals surface area contributed by atoms with Gasteiger partial charge in [-0.2, -0.15) is 0 Å². The monoisotopic (exact) mass is 720 g/mol. The number of allylic oxidation sites excluding steroid dienone is 1. The van der Waals surface area contributed by atoms with E-state index < -0.39 is 12.0 Å². The van der Waals surface area contributed by atoms with Crippen molar-refractivity contribution in [3.05, 3.63) is 112 Å². The SMILES string of the molecule is CCOC(=O)C1=C(C)N=c2s/c(=C\c3cc(Br)c(OCc4cccc(C)c4)c(OC)c3)c(=O)n2[C@H]1c1ccc(OC(C)C)c(OC)c1. The number of aryl methyl sites for hydroxylation is 1. The van der Waals surface area contributed by atoms with Crippen LogP contribution in [0.2, 0.25) is 0 Å². The van der Waals surface area contributed by atoms with Crippen LogP contribution in [0.15, 0.2) is 80.1 Å². The van der Waals surface area contributed by atoms with E-state index in [1.54, 1.807) is 50.8 Å². The summed E-state index contributed by atoms with van der Waals surface area (Å²) in [6.45, 7) is 9.93. The van der Waals surface area contributed by atoms with E-state index in [0.29, 0.717) is 54.7 Å². The lowest BCUT2D eigenvalue weighted by Gasteiger charge is -2.25. The van der Waals surface area contributed by atoms with Crippen LogP contribution in [0.25, 0.3) is 6.08 Å². The minimum Gasteiger partial charge on any atom is -0.493 e. The molecule has 0 spiro atoms. The number of ether oxygens (including phenoxy) is 5. The number of esters is 1. The van der Waals surface area contributed by atoms with Crippen molar-refractivity contribution >= 4 is 39.3 Å². The van der Waals surface area contributed by atoms with E-state index >= 15 is 0 Å². The molecule has 246 valence electrons. The molecule has 47 heavy (non-hydrogen) atoms. The number of methoxy groups -OCH3 is 2. The molecule has 0 saturated carbocycles. The zero-order valence-electron chi connectivity index (χ0n) is 27.4. The lowest BCUT2D eigenvalue weighted by molar-refractivity contribution is -0.139. The first-order valence-electron chi connectivity index (χ1n) is 15.1. The maximum absolute atomic E-state index is 14.2. The molecule has 3 aromatic carbocycles. The Kier molecular flexibility index (Phi) is 10.6. The van der Waals surface area contributed by atoms with E-state index in [-0.39, 0.29) is 23.8 Å². The predicted molar refractivity (Wildman–Crippen MR) is 185 cm³/mol. The van der Waals surface area contributed by atoms with Crippen LogP contribution in [0.5, 0.6) is 23.0 Å². The van der Waals surface area contributed by atoms with Crippen molar-refractivity contribution in [2.45, 2.75) is 53.4 Å². The first kappa shape index (κ1) is 34.0. The van der Waals surface area contributed by atoms with Crippen LogP contribution in [0.1, 0.15) is 56.0 Å². The number of rotatable bonds is 11. The van der Waals surface area contributed by atoms with Gasteiger partial charge in [0.2, 0.25) is 0 Å². The Morgan fingerprint density at radius 3 is 2.49 bits per heavy atom. The molecule has 0 aliphatic carbocycles. The molecule has 1 aliphatic heterocycles. The molecule has 4 aromatic rings. The van der Waals surface area contributed by atoms with Crippen molar-refractivity contribution in [3.8, 4) is 23.0 Å². The third kappa shape index (κ3) is 7.31. The average Bonchev–Trinajstić information content (AvgIpc) is 3.33. The Morgan fingerprint density at radius 2 is 1.81 bits per heavy atom. The number of nitrogens with zero attached hydrogens (tertiary/aromatic N) is 2. The minimum atomic E-state index is -0.798. The second kappa shape index (κ2) is 14.6. The maximum atomic E-state index is 14.2. The number of aromatic nitrogens is 1. The van der Waals surface area contributed by atoms with Crippen LogP contribution in [0.4, 0.5) is 0 Å². The van der Waals surface area contributed by atoms with Gasteiger partial charge >= 0.3 is 5.97 Å². The largest absolute Gasteiger partial charge is 0.493 e. The summed E-state index contributed by atoms with van der Waals surface area (Å²) in [5.41, 5.74) is 4.02. The zero-order chi connectivity index (χ0) is 33.8. The highest BCUT2D eigenvalue weighted by atomic mass is 79.9. The first-order chi connectivity index (χ1) is 22.5. The fraction of sp³-hybridized carbons (Fsp3) is 0.306. The summed E-state index contributed by atoms with van der Waals surface area (Å²) in [5, 5.41) is 0. The number of thiazole rings is 1. The molecule has 0 radical (unpaired) electrons. The van der Waals surface area contributed by atoms with E-state index in [1.165, 1.54) is 11.3 Å². The third-order valence-corrected chi connectivity index (χ3v) is 8.97. The van der Waals surface area contributed by atoms with Gasteiger partial charge in [0.1, 0.15) is 6.61 Å². The molecule has 5 rings (SSSR count). The number of hydrogen-bond donors (Lipinski definition) is 0. The van der Waals surface area contributed by atoms with Crippen LogP contribution >= 0.6 is 27.3 Å². The Morgan fingerprint density at radius 1 is 1.04 bits per heavy atom. The van der Waals surface area contributed by atoms with E-state index in [9.17, 15) is 9.59 Å². The van der Waals surface area contributed by atoms with Crippen molar-refractivity contribution < 1.29 is 28.5 Å². The summed E-state index contributed by atoms with van der Waals surface area (Å²) < 4.78 is 31.5. The molecular formula is C36H37BrN2O7S. The number of carbonyl (C=O) groups excluding carboxylic acids is 1. The van der Waals surface area contributed by atoms with Crippen LogP contribution in [-0.4, -0.2) is 37.5 Å². The molecule has 1 atom stereocenters. The van der Waals surface area contributed by atoms with Gasteiger partial charge in [-0.15, -0.1) is 0 Å². The first-order valence-corrected chi connectivity index (χ1v) is 16.8. The van der Waals surface area contributed by atoms with Crippen LogP contribution in [-0.2, 0) is 16.1 Å². The van der Waals surface area contributed by atoms with E-state index in [4.69, 9.17) is 23.7 Å². The molecule has 0 saturated heterocycles. The van der Waals surface area contributed by atoms with Crippen molar-refractivity contribution in [1.29, 1.82) is 0 Å². The average molecular weight is 722 g/mol. The summed E-state index contributed by atoms with van der Waals surface area (Å²) in [6.07, 6.45) is 1.71. The highest BCUT2D eigenvalue weighted by Gasteiger charge is 2.34. The second-order valence-electron chi connectivity index (χ2n) is 11.2. The molecule has 0 fully saturated rings. The quantitative estimate of drug-likeness (QED) is 0.169. The number of halogens is 1. The number of hydrogen-bond acceptors (Lipinski definition) is 9. The van der Waals surface area contributed by atoms with Gasteiger partial charge in [0.05, 0.1) is 53.2 Å². The van der Waals surface area contributed by atoms with Gasteiger partial charge in [0.15, 0.2) is 27.8 Å². The van der Waals surface area contributed by atoms with Gasteiger partial charge in [0, 0.05) is 0 Å². The molecule has 0 unspecified atom stereocenters. The molecule has 11 heteroatoms. The number of benzene rings is 3. The molecular weight excluding hydrogens is 684 g/mol. The minimum absolute atomic E-state index is 0.0722. The maximum Gasteiger partial charge on any atom is 0.338 e. The lowest BCUT2D eigenvalue weighted by Crippen LogP contribution is -2.40. The van der Waals surface area contributed by atoms with Gasteiger partial charge < -0.3 is 23.7 Å². The van der Waals surface area contributed by atoms with Crippen LogP contribution in [0, 0.1) is 6.92 Å². The summed E-state index contributed by atoms with van der Waals surface area (Å²) in [7, 11) is 3.13. The van der Waals surface area contributed by atoms with E-state index in [2.05, 4.69) is 27.0 Å². The standard InChI is InChI=1S/C36H37BrN2O7S/c1-8-44-35(41)31-22(5)38-36-39(32(31)25-12-13-27(46-20(2)3)28(18-25)42-6)34(40)30(47-36)17-24-15-26(37)33(29(16-24)43-7)45-19-23-11-9-10-21(4)14-23/h9-18,20,32H,8,19H2,1-7H3/b30-17-/t32-/m0/s1. The Hall–Kier alpha value is -4.35. The smallest absolute Gasteiger partial charge is 0.338 e. The fourth-order valence-corrected chi connectivity index (χ4v) is 7.01. The predicted octanol–water partition coefficient (Wildman–Crippen LogP) is 6.25. The van der Waals surface area contributed by atoms with Gasteiger partial charge in [-0.3, -0.25) is 9.36 Å². The molecule has 9 nitrogen and oxygen atoms in total. The second-order valence-corrected chi connectivity index (χ2v) is 13.1.